The minimum absolute atomic E-state index is 0.193. The number of aliphatic hydroxyl groups excluding tert-OH is 1. The Labute approximate surface area is 109 Å². The molecule has 0 radical (unpaired) electrons. The first kappa shape index (κ1) is 13.4. The summed E-state index contributed by atoms with van der Waals surface area (Å²) in [5.41, 5.74) is 1.45. The fourth-order valence-corrected chi connectivity index (χ4v) is 1.68. The quantitative estimate of drug-likeness (QED) is 0.805. The molecule has 0 saturated carbocycles. The summed E-state index contributed by atoms with van der Waals surface area (Å²) < 4.78 is 9.86. The van der Waals surface area contributed by atoms with Gasteiger partial charge >= 0.3 is 0 Å². The number of carbonyl (C=O) groups is 1. The van der Waals surface area contributed by atoms with E-state index in [9.17, 15) is 4.79 Å². The normalized spacial score (nSPS) is 12.6. The van der Waals surface area contributed by atoms with E-state index < -0.39 is 6.04 Å². The molecule has 0 fully saturated rings. The number of methoxy groups -OCH3 is 1. The number of nitrogens with one attached hydrogen (secondary N) is 1. The van der Waals surface area contributed by atoms with Crippen molar-refractivity contribution in [1.82, 2.24) is 15.5 Å². The molecule has 0 aliphatic carbocycles. The van der Waals surface area contributed by atoms with E-state index in [0.29, 0.717) is 22.4 Å². The molecule has 19 heavy (non-hydrogen) atoms. The molecule has 0 aromatic carbocycles. The van der Waals surface area contributed by atoms with Gasteiger partial charge in [-0.15, -0.1) is 0 Å². The summed E-state index contributed by atoms with van der Waals surface area (Å²) in [7, 11) is 1.50. The van der Waals surface area contributed by atoms with Crippen molar-refractivity contribution in [2.45, 2.75) is 13.0 Å². The average molecular weight is 265 g/mol. The molecule has 0 bridgehead atoms. The van der Waals surface area contributed by atoms with E-state index in [2.05, 4.69) is 15.5 Å². The van der Waals surface area contributed by atoms with Gasteiger partial charge in [0.15, 0.2) is 0 Å². The van der Waals surface area contributed by atoms with Gasteiger partial charge in [0, 0.05) is 13.3 Å². The fourth-order valence-electron chi connectivity index (χ4n) is 1.68. The summed E-state index contributed by atoms with van der Waals surface area (Å²) >= 11 is 0. The van der Waals surface area contributed by atoms with Crippen molar-refractivity contribution < 1.29 is 19.2 Å². The number of hydrogen-bond donors (Lipinski definition) is 2. The molecule has 2 N–H and O–H groups in total. The van der Waals surface area contributed by atoms with Gasteiger partial charge in [0.1, 0.15) is 0 Å². The van der Waals surface area contributed by atoms with Crippen LogP contribution in [0.5, 0.6) is 0 Å². The molecule has 2 aromatic heterocycles. The van der Waals surface area contributed by atoms with E-state index in [1.807, 2.05) is 0 Å². The molecule has 1 atom stereocenters. The molecular weight excluding hydrogens is 250 g/mol. The average Bonchev–Trinajstić information content (AvgIpc) is 2.79. The highest BCUT2D eigenvalue weighted by Gasteiger charge is 2.15. The number of rotatable bonds is 5. The van der Waals surface area contributed by atoms with Crippen LogP contribution in [0.2, 0.25) is 0 Å². The molecule has 0 aliphatic heterocycles. The lowest BCUT2D eigenvalue weighted by molar-refractivity contribution is 0.0839. The monoisotopic (exact) mass is 265 g/mol. The molecule has 2 rings (SSSR count). The molecule has 2 heterocycles. The van der Waals surface area contributed by atoms with Crippen LogP contribution >= 0.6 is 0 Å². The van der Waals surface area contributed by atoms with Crippen LogP contribution in [-0.2, 0) is 4.74 Å². The first-order valence-corrected chi connectivity index (χ1v) is 5.78. The maximum Gasteiger partial charge on any atom is 0.257 e. The molecule has 2 aromatic rings. The van der Waals surface area contributed by atoms with Crippen LogP contribution in [0, 0.1) is 6.92 Å². The van der Waals surface area contributed by atoms with Crippen LogP contribution in [0.15, 0.2) is 16.8 Å². The van der Waals surface area contributed by atoms with E-state index in [1.165, 1.54) is 13.3 Å². The first-order valence-electron chi connectivity index (χ1n) is 5.78. The number of fused-ring (bicyclic) bond motifs is 1. The van der Waals surface area contributed by atoms with Gasteiger partial charge in [-0.2, -0.15) is 0 Å². The number of aromatic nitrogens is 2. The van der Waals surface area contributed by atoms with Crippen LogP contribution in [0.4, 0.5) is 0 Å². The van der Waals surface area contributed by atoms with Crippen molar-refractivity contribution in [2.75, 3.05) is 20.3 Å². The maximum atomic E-state index is 12.0. The van der Waals surface area contributed by atoms with Gasteiger partial charge in [0.2, 0.25) is 0 Å². The number of ether oxygens (including phenoxy) is 1. The van der Waals surface area contributed by atoms with Crippen LogP contribution in [0.25, 0.3) is 11.1 Å². The molecular formula is C12H15N3O4. The van der Waals surface area contributed by atoms with Crippen molar-refractivity contribution in [3.8, 4) is 0 Å². The van der Waals surface area contributed by atoms with Crippen molar-refractivity contribution in [1.29, 1.82) is 0 Å². The third-order valence-electron chi connectivity index (χ3n) is 2.70. The van der Waals surface area contributed by atoms with Crippen LogP contribution in [0.3, 0.4) is 0 Å². The zero-order valence-electron chi connectivity index (χ0n) is 10.7. The minimum atomic E-state index is -0.447. The fraction of sp³-hybridized carbons (Fsp3) is 0.417. The first-order chi connectivity index (χ1) is 9.15. The Morgan fingerprint density at radius 3 is 3.11 bits per heavy atom. The second kappa shape index (κ2) is 5.77. The maximum absolute atomic E-state index is 12.0. The number of aliphatic hydroxyl groups is 1. The molecule has 0 saturated heterocycles. The van der Waals surface area contributed by atoms with Gasteiger partial charge in [0.25, 0.3) is 11.6 Å². The summed E-state index contributed by atoms with van der Waals surface area (Å²) in [6.07, 6.45) is 1.41. The lowest BCUT2D eigenvalue weighted by Crippen LogP contribution is -2.40. The molecule has 1 amide bonds. The Morgan fingerprint density at radius 2 is 2.42 bits per heavy atom. The minimum Gasteiger partial charge on any atom is -0.394 e. The predicted molar refractivity (Wildman–Crippen MR) is 66.8 cm³/mol. The van der Waals surface area contributed by atoms with Crippen LogP contribution in [-0.4, -0.2) is 47.5 Å². The van der Waals surface area contributed by atoms with E-state index in [0.717, 1.165) is 0 Å². The number of amides is 1. The smallest absolute Gasteiger partial charge is 0.257 e. The summed E-state index contributed by atoms with van der Waals surface area (Å²) in [5, 5.41) is 16.2. The summed E-state index contributed by atoms with van der Waals surface area (Å²) in [6.45, 7) is 1.82. The van der Waals surface area contributed by atoms with Crippen LogP contribution in [0.1, 0.15) is 16.1 Å². The third-order valence-corrected chi connectivity index (χ3v) is 2.70. The number of pyridine rings is 1. The van der Waals surface area contributed by atoms with Crippen molar-refractivity contribution in [2.24, 2.45) is 0 Å². The highest BCUT2D eigenvalue weighted by Crippen LogP contribution is 2.16. The zero-order valence-corrected chi connectivity index (χ0v) is 10.7. The highest BCUT2D eigenvalue weighted by molar-refractivity contribution is 5.97. The Kier molecular flexibility index (Phi) is 4.08. The molecule has 102 valence electrons. The van der Waals surface area contributed by atoms with Crippen LogP contribution < -0.4 is 5.32 Å². The Morgan fingerprint density at radius 1 is 1.63 bits per heavy atom. The Bertz CT molecular complexity index is 581. The molecule has 0 aliphatic rings. The summed E-state index contributed by atoms with van der Waals surface area (Å²) in [5.74, 6) is -0.328. The molecule has 7 nitrogen and oxygen atoms in total. The van der Waals surface area contributed by atoms with Gasteiger partial charge in [-0.05, 0) is 13.0 Å². The van der Waals surface area contributed by atoms with Gasteiger partial charge in [0.05, 0.1) is 35.9 Å². The largest absolute Gasteiger partial charge is 0.394 e. The lowest BCUT2D eigenvalue weighted by atomic mass is 10.2. The van der Waals surface area contributed by atoms with E-state index in [1.54, 1.807) is 13.0 Å². The SMILES string of the molecule is COCC(CO)NC(=O)c1cnc2onc(C)c2c1. The molecule has 7 heteroatoms. The van der Waals surface area contributed by atoms with Crippen molar-refractivity contribution in [3.63, 3.8) is 0 Å². The van der Waals surface area contributed by atoms with E-state index >= 15 is 0 Å². The summed E-state index contributed by atoms with van der Waals surface area (Å²) in [4.78, 5) is 16.0. The van der Waals surface area contributed by atoms with E-state index in [4.69, 9.17) is 14.4 Å². The predicted octanol–water partition coefficient (Wildman–Crippen LogP) is 0.268. The molecule has 0 spiro atoms. The standard InChI is InChI=1S/C12H15N3O4/c1-7-10-3-8(4-13-12(10)19-15-7)11(17)14-9(5-16)6-18-2/h3-4,9,16H,5-6H2,1-2H3,(H,14,17). The topological polar surface area (TPSA) is 97.5 Å². The zero-order chi connectivity index (χ0) is 13.8. The van der Waals surface area contributed by atoms with Crippen molar-refractivity contribution in [3.05, 3.63) is 23.5 Å². The number of carbonyl (C=O) groups excluding carboxylic acids is 1. The van der Waals surface area contributed by atoms with E-state index in [-0.39, 0.29) is 19.1 Å². The second-order valence-corrected chi connectivity index (χ2v) is 4.15. The van der Waals surface area contributed by atoms with Gasteiger partial charge in [-0.25, -0.2) is 4.98 Å². The number of nitrogens with zero attached hydrogens (tertiary/aromatic N) is 2. The van der Waals surface area contributed by atoms with Crippen molar-refractivity contribution >= 4 is 17.0 Å². The van der Waals surface area contributed by atoms with Gasteiger partial charge in [-0.1, -0.05) is 5.16 Å². The Hall–Kier alpha value is -1.99. The number of hydrogen-bond acceptors (Lipinski definition) is 6. The number of aryl methyl sites for hydroxylation is 1. The Balaban J connectivity index is 2.18. The molecule has 1 unspecified atom stereocenters. The second-order valence-electron chi connectivity index (χ2n) is 4.15. The van der Waals surface area contributed by atoms with Gasteiger partial charge in [-0.3, -0.25) is 4.79 Å². The third kappa shape index (κ3) is 2.88. The van der Waals surface area contributed by atoms with Gasteiger partial charge < -0.3 is 19.7 Å². The summed E-state index contributed by atoms with van der Waals surface area (Å²) in [6, 6.07) is 1.21. The lowest BCUT2D eigenvalue weighted by Gasteiger charge is -2.14. The highest BCUT2D eigenvalue weighted by atomic mass is 16.5.